The Morgan fingerprint density at radius 2 is 1.78 bits per heavy atom. The van der Waals surface area contributed by atoms with Crippen LogP contribution in [0.3, 0.4) is 0 Å². The van der Waals surface area contributed by atoms with Crippen molar-refractivity contribution in [3.8, 4) is 0 Å². The van der Waals surface area contributed by atoms with Gasteiger partial charge >= 0.3 is 0 Å². The Hall–Kier alpha value is -0.930. The Balaban J connectivity index is 1.59. The summed E-state index contributed by atoms with van der Waals surface area (Å²) in [6.45, 7) is 14.0. The summed E-state index contributed by atoms with van der Waals surface area (Å²) in [6.07, 6.45) is 14.3. The number of carbonyl (C=O) groups excluding carboxylic acids is 1. The van der Waals surface area contributed by atoms with Crippen molar-refractivity contribution < 1.29 is 15.0 Å². The zero-order valence-electron chi connectivity index (χ0n) is 21.2. The van der Waals surface area contributed by atoms with Gasteiger partial charge in [0.15, 0.2) is 11.6 Å². The highest BCUT2D eigenvalue weighted by Crippen LogP contribution is 2.68. The second-order valence-electron chi connectivity index (χ2n) is 12.6. The molecule has 0 aromatic heterocycles. The van der Waals surface area contributed by atoms with Crippen LogP contribution in [-0.2, 0) is 4.79 Å². The average Bonchev–Trinajstić information content (AvgIpc) is 3.07. The van der Waals surface area contributed by atoms with Gasteiger partial charge in [0.1, 0.15) is 0 Å². The molecule has 0 heterocycles. The molecular formula is C29H46O3. The van der Waals surface area contributed by atoms with E-state index in [0.29, 0.717) is 59.8 Å². The van der Waals surface area contributed by atoms with Crippen LogP contribution in [0.2, 0.25) is 0 Å². The summed E-state index contributed by atoms with van der Waals surface area (Å²) in [7, 11) is 0. The van der Waals surface area contributed by atoms with Gasteiger partial charge in [-0.25, -0.2) is 0 Å². The van der Waals surface area contributed by atoms with Crippen LogP contribution in [0, 0.1) is 52.3 Å². The van der Waals surface area contributed by atoms with Gasteiger partial charge in [-0.05, 0) is 102 Å². The molecule has 0 aromatic rings. The number of allylic oxidation sites excluding steroid dienone is 2. The zero-order valence-corrected chi connectivity index (χ0v) is 21.2. The van der Waals surface area contributed by atoms with Gasteiger partial charge in [0.05, 0.1) is 0 Å². The summed E-state index contributed by atoms with van der Waals surface area (Å²) in [5.41, 5.74) is 0.621. The Morgan fingerprint density at radius 3 is 2.44 bits per heavy atom. The van der Waals surface area contributed by atoms with Crippen LogP contribution in [0.5, 0.6) is 0 Å². The zero-order chi connectivity index (χ0) is 23.5. The molecule has 0 amide bonds. The molecule has 32 heavy (non-hydrogen) atoms. The molecule has 0 aromatic carbocycles. The van der Waals surface area contributed by atoms with E-state index in [1.807, 2.05) is 0 Å². The van der Waals surface area contributed by atoms with Crippen molar-refractivity contribution in [2.24, 2.45) is 52.3 Å². The maximum absolute atomic E-state index is 12.1. The molecule has 180 valence electrons. The van der Waals surface area contributed by atoms with Gasteiger partial charge in [-0.2, -0.15) is 0 Å². The molecular weight excluding hydrogens is 396 g/mol. The summed E-state index contributed by atoms with van der Waals surface area (Å²) in [6, 6.07) is 0. The molecule has 3 fully saturated rings. The Kier molecular flexibility index (Phi) is 6.34. The molecule has 8 atom stereocenters. The van der Waals surface area contributed by atoms with Crippen molar-refractivity contribution in [2.45, 2.75) is 98.7 Å². The van der Waals surface area contributed by atoms with E-state index in [0.717, 1.165) is 12.8 Å². The Bertz CT molecular complexity index is 792. The monoisotopic (exact) mass is 442 g/mol. The second kappa shape index (κ2) is 8.38. The van der Waals surface area contributed by atoms with Gasteiger partial charge in [0.2, 0.25) is 0 Å². The first-order chi connectivity index (χ1) is 14.9. The third-order valence-electron chi connectivity index (χ3n) is 10.7. The number of carbonyl (C=O) groups is 1. The van der Waals surface area contributed by atoms with Crippen LogP contribution < -0.4 is 0 Å². The van der Waals surface area contributed by atoms with Crippen molar-refractivity contribution in [2.75, 3.05) is 0 Å². The van der Waals surface area contributed by atoms with Crippen LogP contribution in [0.15, 0.2) is 23.8 Å². The predicted molar refractivity (Wildman–Crippen MR) is 130 cm³/mol. The van der Waals surface area contributed by atoms with Crippen LogP contribution in [0.4, 0.5) is 0 Å². The van der Waals surface area contributed by atoms with Gasteiger partial charge in [-0.15, -0.1) is 0 Å². The molecule has 4 rings (SSSR count). The first kappa shape index (κ1) is 24.2. The lowest BCUT2D eigenvalue weighted by Gasteiger charge is -2.60. The second-order valence-corrected chi connectivity index (χ2v) is 12.6. The maximum atomic E-state index is 12.1. The molecule has 4 aliphatic carbocycles. The summed E-state index contributed by atoms with van der Waals surface area (Å²) in [5.74, 6) is 2.12. The summed E-state index contributed by atoms with van der Waals surface area (Å²) in [5, 5.41) is 22.2. The van der Waals surface area contributed by atoms with E-state index in [-0.39, 0.29) is 16.6 Å². The third-order valence-corrected chi connectivity index (χ3v) is 10.7. The normalized spacial score (nSPS) is 42.9. The predicted octanol–water partition coefficient (Wildman–Crippen LogP) is 6.30. The van der Waals surface area contributed by atoms with Crippen molar-refractivity contribution >= 4 is 5.78 Å². The molecule has 4 aliphatic rings. The molecule has 3 saturated carbocycles. The van der Waals surface area contributed by atoms with Gasteiger partial charge in [0, 0.05) is 12.8 Å². The summed E-state index contributed by atoms with van der Waals surface area (Å²) < 4.78 is 0. The molecule has 3 heteroatoms. The minimum absolute atomic E-state index is 0.0531. The fourth-order valence-electron chi connectivity index (χ4n) is 8.86. The third kappa shape index (κ3) is 3.76. The first-order valence-electron chi connectivity index (χ1n) is 13.3. The van der Waals surface area contributed by atoms with E-state index in [4.69, 9.17) is 0 Å². The van der Waals surface area contributed by atoms with Gasteiger partial charge in [-0.3, -0.25) is 4.79 Å². The Morgan fingerprint density at radius 1 is 1.06 bits per heavy atom. The minimum atomic E-state index is -1.83. The van der Waals surface area contributed by atoms with E-state index in [2.05, 4.69) is 53.7 Å². The number of hydrogen-bond donors (Lipinski definition) is 2. The number of ketones is 1. The van der Waals surface area contributed by atoms with Crippen LogP contribution in [-0.4, -0.2) is 21.8 Å². The van der Waals surface area contributed by atoms with E-state index in [9.17, 15) is 15.0 Å². The largest absolute Gasteiger partial charge is 0.362 e. The van der Waals surface area contributed by atoms with E-state index < -0.39 is 5.79 Å². The van der Waals surface area contributed by atoms with Gasteiger partial charge < -0.3 is 10.2 Å². The molecule has 0 aliphatic heterocycles. The first-order valence-corrected chi connectivity index (χ1v) is 13.3. The highest BCUT2D eigenvalue weighted by atomic mass is 16.5. The molecule has 0 spiro atoms. The summed E-state index contributed by atoms with van der Waals surface area (Å²) >= 11 is 0. The lowest BCUT2D eigenvalue weighted by Crippen LogP contribution is -2.58. The molecule has 0 bridgehead atoms. The van der Waals surface area contributed by atoms with Crippen molar-refractivity contribution in [1.29, 1.82) is 0 Å². The Labute approximate surface area is 195 Å². The van der Waals surface area contributed by atoms with Gasteiger partial charge in [0.25, 0.3) is 0 Å². The molecule has 2 N–H and O–H groups in total. The SMILES string of the molecule is CC[C@H](/C=C/[C@@H](C)[C@H]1CC[C@H]2[C@@H]3CC(O)(O)C4=CC(=O)CC[C@]4(C)[C@H]3CC[C@]12C)C(C)C. The molecule has 0 radical (unpaired) electrons. The van der Waals surface area contributed by atoms with Crippen molar-refractivity contribution in [3.05, 3.63) is 23.8 Å². The standard InChI is InChI=1S/C29H46O3/c1-7-20(18(2)3)9-8-19(4)23-10-11-24-22-17-29(31,32)26-16-21(30)12-14-28(26,6)25(22)13-15-27(23,24)5/h8-9,16,18-20,22-25,31-32H,7,10-15,17H2,1-6H3/b9-8+/t19-,20-,22+,23-,24+,25+,27-,28-/m1/s1. The lowest BCUT2D eigenvalue weighted by atomic mass is 9.45. The van der Waals surface area contributed by atoms with Crippen molar-refractivity contribution in [3.63, 3.8) is 0 Å². The van der Waals surface area contributed by atoms with Crippen molar-refractivity contribution in [1.82, 2.24) is 0 Å². The summed E-state index contributed by atoms with van der Waals surface area (Å²) in [4.78, 5) is 12.1. The quantitative estimate of drug-likeness (QED) is 0.388. The van der Waals surface area contributed by atoms with E-state index >= 15 is 0 Å². The minimum Gasteiger partial charge on any atom is -0.362 e. The lowest BCUT2D eigenvalue weighted by molar-refractivity contribution is -0.207. The number of rotatable bonds is 5. The molecule has 0 saturated heterocycles. The van der Waals surface area contributed by atoms with Crippen LogP contribution in [0.25, 0.3) is 0 Å². The van der Waals surface area contributed by atoms with E-state index in [1.54, 1.807) is 6.08 Å². The van der Waals surface area contributed by atoms with Crippen LogP contribution in [0.1, 0.15) is 92.9 Å². The fraction of sp³-hybridized carbons (Fsp3) is 0.828. The molecule has 3 nitrogen and oxygen atoms in total. The maximum Gasteiger partial charge on any atom is 0.186 e. The highest BCUT2D eigenvalue weighted by molar-refractivity contribution is 5.92. The average molecular weight is 443 g/mol. The molecule has 0 unspecified atom stereocenters. The van der Waals surface area contributed by atoms with E-state index in [1.165, 1.54) is 25.7 Å². The highest BCUT2D eigenvalue weighted by Gasteiger charge is 2.63. The fourth-order valence-corrected chi connectivity index (χ4v) is 8.86. The topological polar surface area (TPSA) is 57.5 Å². The smallest absolute Gasteiger partial charge is 0.186 e. The number of hydrogen-bond acceptors (Lipinski definition) is 3. The number of aliphatic hydroxyl groups is 2. The van der Waals surface area contributed by atoms with Gasteiger partial charge in [-0.1, -0.05) is 53.7 Å². The van der Waals surface area contributed by atoms with Crippen LogP contribution >= 0.6 is 0 Å². The number of fused-ring (bicyclic) bond motifs is 5.